The SMILES string of the molecule is N#CC1(C(O)c2ccc3ccccc3n2)CC2CCC1O2. The molecule has 2 saturated heterocycles. The molecule has 0 radical (unpaired) electrons. The van der Waals surface area contributed by atoms with E-state index in [0.717, 1.165) is 23.7 Å². The van der Waals surface area contributed by atoms with Crippen molar-refractivity contribution < 1.29 is 9.84 Å². The summed E-state index contributed by atoms with van der Waals surface area (Å²) >= 11 is 0. The second-order valence-corrected chi connectivity index (χ2v) is 6.01. The maximum Gasteiger partial charge on any atom is 0.117 e. The van der Waals surface area contributed by atoms with Crippen LogP contribution in [0.15, 0.2) is 36.4 Å². The number of aromatic nitrogens is 1. The molecule has 0 saturated carbocycles. The Hall–Kier alpha value is -1.96. The Bertz CT molecular complexity index is 739. The van der Waals surface area contributed by atoms with E-state index in [1.807, 2.05) is 36.4 Å². The standard InChI is InChI=1S/C17H16N2O2/c18-10-17(9-12-6-8-15(17)21-12)16(20)14-7-5-11-3-1-2-4-13(11)19-14/h1-5,7,12,15-16,20H,6,8-9H2. The van der Waals surface area contributed by atoms with E-state index in [4.69, 9.17) is 4.74 Å². The Balaban J connectivity index is 1.75. The van der Waals surface area contributed by atoms with E-state index >= 15 is 0 Å². The molecule has 1 aromatic carbocycles. The van der Waals surface area contributed by atoms with Crippen LogP contribution in [0.25, 0.3) is 10.9 Å². The van der Waals surface area contributed by atoms with Gasteiger partial charge in [0.05, 0.1) is 29.5 Å². The van der Waals surface area contributed by atoms with Crippen LogP contribution >= 0.6 is 0 Å². The lowest BCUT2D eigenvalue weighted by Crippen LogP contribution is -2.37. The Labute approximate surface area is 123 Å². The normalized spacial score (nSPS) is 32.2. The molecule has 2 aliphatic rings. The van der Waals surface area contributed by atoms with Gasteiger partial charge in [-0.05, 0) is 31.4 Å². The quantitative estimate of drug-likeness (QED) is 0.918. The molecule has 0 aliphatic carbocycles. The smallest absolute Gasteiger partial charge is 0.117 e. The van der Waals surface area contributed by atoms with E-state index in [1.165, 1.54) is 0 Å². The number of fused-ring (bicyclic) bond motifs is 3. The molecule has 4 unspecified atom stereocenters. The van der Waals surface area contributed by atoms with Gasteiger partial charge in [0.25, 0.3) is 0 Å². The number of benzene rings is 1. The van der Waals surface area contributed by atoms with Crippen molar-refractivity contribution in [3.63, 3.8) is 0 Å². The van der Waals surface area contributed by atoms with Gasteiger partial charge in [-0.25, -0.2) is 0 Å². The van der Waals surface area contributed by atoms with E-state index < -0.39 is 11.5 Å². The van der Waals surface area contributed by atoms with E-state index in [9.17, 15) is 10.4 Å². The summed E-state index contributed by atoms with van der Waals surface area (Å²) in [6, 6.07) is 13.9. The Kier molecular flexibility index (Phi) is 2.75. The van der Waals surface area contributed by atoms with Gasteiger partial charge in [-0.3, -0.25) is 4.98 Å². The van der Waals surface area contributed by atoms with Crippen molar-refractivity contribution in [1.82, 2.24) is 4.98 Å². The van der Waals surface area contributed by atoms with Crippen LogP contribution in [-0.4, -0.2) is 22.3 Å². The van der Waals surface area contributed by atoms with Crippen molar-refractivity contribution in [3.05, 3.63) is 42.1 Å². The average Bonchev–Trinajstić information content (AvgIpc) is 3.15. The summed E-state index contributed by atoms with van der Waals surface area (Å²) in [6.45, 7) is 0. The number of para-hydroxylation sites is 1. The fourth-order valence-electron chi connectivity index (χ4n) is 3.71. The summed E-state index contributed by atoms with van der Waals surface area (Å²) in [5, 5.41) is 21.5. The zero-order valence-electron chi connectivity index (χ0n) is 11.6. The summed E-state index contributed by atoms with van der Waals surface area (Å²) < 4.78 is 5.80. The lowest BCUT2D eigenvalue weighted by Gasteiger charge is -2.32. The number of nitrogens with zero attached hydrogens (tertiary/aromatic N) is 2. The fraction of sp³-hybridized carbons (Fsp3) is 0.412. The van der Waals surface area contributed by atoms with E-state index in [-0.39, 0.29) is 12.2 Å². The number of rotatable bonds is 2. The molecular formula is C17H16N2O2. The lowest BCUT2D eigenvalue weighted by atomic mass is 9.70. The first kappa shape index (κ1) is 12.8. The highest BCUT2D eigenvalue weighted by molar-refractivity contribution is 5.78. The van der Waals surface area contributed by atoms with Gasteiger partial charge in [0.1, 0.15) is 11.5 Å². The summed E-state index contributed by atoms with van der Waals surface area (Å²) in [4.78, 5) is 4.54. The second kappa shape index (κ2) is 4.52. The van der Waals surface area contributed by atoms with Crippen LogP contribution < -0.4 is 0 Å². The summed E-state index contributed by atoms with van der Waals surface area (Å²) in [7, 11) is 0. The molecule has 2 aliphatic heterocycles. The van der Waals surface area contributed by atoms with Crippen LogP contribution in [0.1, 0.15) is 31.1 Å². The number of aliphatic hydroxyl groups is 1. The molecule has 2 fully saturated rings. The fourth-order valence-corrected chi connectivity index (χ4v) is 3.71. The molecule has 1 N–H and O–H groups in total. The number of hydrogen-bond donors (Lipinski definition) is 1. The summed E-state index contributed by atoms with van der Waals surface area (Å²) in [5.41, 5.74) is 0.552. The predicted molar refractivity (Wildman–Crippen MR) is 77.3 cm³/mol. The Morgan fingerprint density at radius 3 is 2.86 bits per heavy atom. The molecule has 2 bridgehead atoms. The number of hydrogen-bond acceptors (Lipinski definition) is 4. The zero-order chi connectivity index (χ0) is 14.4. The van der Waals surface area contributed by atoms with Crippen molar-refractivity contribution in [1.29, 1.82) is 5.26 Å². The van der Waals surface area contributed by atoms with Crippen molar-refractivity contribution in [2.75, 3.05) is 0 Å². The molecule has 0 amide bonds. The first-order valence-corrected chi connectivity index (χ1v) is 7.33. The van der Waals surface area contributed by atoms with Gasteiger partial charge < -0.3 is 9.84 Å². The summed E-state index contributed by atoms with van der Waals surface area (Å²) in [5.74, 6) is 0. The molecule has 106 valence electrons. The van der Waals surface area contributed by atoms with Crippen LogP contribution in [0.4, 0.5) is 0 Å². The molecule has 3 heterocycles. The predicted octanol–water partition coefficient (Wildman–Crippen LogP) is 2.73. The topological polar surface area (TPSA) is 66.1 Å². The lowest BCUT2D eigenvalue weighted by molar-refractivity contribution is 0.00140. The van der Waals surface area contributed by atoms with Crippen LogP contribution in [0.3, 0.4) is 0 Å². The van der Waals surface area contributed by atoms with Crippen LogP contribution in [-0.2, 0) is 4.74 Å². The van der Waals surface area contributed by atoms with Gasteiger partial charge in [0.15, 0.2) is 0 Å². The zero-order valence-corrected chi connectivity index (χ0v) is 11.6. The van der Waals surface area contributed by atoms with Gasteiger partial charge in [-0.2, -0.15) is 5.26 Å². The first-order valence-electron chi connectivity index (χ1n) is 7.33. The average molecular weight is 280 g/mol. The monoisotopic (exact) mass is 280 g/mol. The molecule has 4 heteroatoms. The molecule has 1 aromatic heterocycles. The highest BCUT2D eigenvalue weighted by atomic mass is 16.5. The van der Waals surface area contributed by atoms with Crippen LogP contribution in [0.2, 0.25) is 0 Å². The minimum absolute atomic E-state index is 0.116. The van der Waals surface area contributed by atoms with Crippen molar-refractivity contribution in [2.24, 2.45) is 5.41 Å². The third-order valence-electron chi connectivity index (χ3n) is 4.84. The van der Waals surface area contributed by atoms with Crippen molar-refractivity contribution in [2.45, 2.75) is 37.6 Å². The minimum atomic E-state index is -0.901. The summed E-state index contributed by atoms with van der Waals surface area (Å²) in [6.07, 6.45) is 1.49. The Morgan fingerprint density at radius 1 is 1.29 bits per heavy atom. The maximum atomic E-state index is 10.8. The molecule has 4 atom stereocenters. The van der Waals surface area contributed by atoms with E-state index in [0.29, 0.717) is 12.1 Å². The molecule has 4 rings (SSSR count). The number of nitriles is 1. The molecule has 2 aromatic rings. The van der Waals surface area contributed by atoms with Crippen molar-refractivity contribution >= 4 is 10.9 Å². The molecular weight excluding hydrogens is 264 g/mol. The molecule has 0 spiro atoms. The molecule has 4 nitrogen and oxygen atoms in total. The van der Waals surface area contributed by atoms with Crippen LogP contribution in [0, 0.1) is 16.7 Å². The number of ether oxygens (including phenoxy) is 1. The Morgan fingerprint density at radius 2 is 2.14 bits per heavy atom. The third-order valence-corrected chi connectivity index (χ3v) is 4.84. The van der Waals surface area contributed by atoms with E-state index in [2.05, 4.69) is 11.1 Å². The minimum Gasteiger partial charge on any atom is -0.385 e. The van der Waals surface area contributed by atoms with E-state index in [1.54, 1.807) is 0 Å². The highest BCUT2D eigenvalue weighted by Gasteiger charge is 2.57. The van der Waals surface area contributed by atoms with Gasteiger partial charge in [-0.1, -0.05) is 24.3 Å². The van der Waals surface area contributed by atoms with Gasteiger partial charge in [0, 0.05) is 5.39 Å². The number of pyridine rings is 1. The molecule has 21 heavy (non-hydrogen) atoms. The maximum absolute atomic E-state index is 10.8. The second-order valence-electron chi connectivity index (χ2n) is 6.01. The van der Waals surface area contributed by atoms with Gasteiger partial charge >= 0.3 is 0 Å². The van der Waals surface area contributed by atoms with Gasteiger partial charge in [-0.15, -0.1) is 0 Å². The largest absolute Gasteiger partial charge is 0.385 e. The number of aliphatic hydroxyl groups excluding tert-OH is 1. The van der Waals surface area contributed by atoms with Crippen molar-refractivity contribution in [3.8, 4) is 6.07 Å². The third kappa shape index (κ3) is 1.78. The van der Waals surface area contributed by atoms with Gasteiger partial charge in [0.2, 0.25) is 0 Å². The van der Waals surface area contributed by atoms with Crippen LogP contribution in [0.5, 0.6) is 0 Å². The highest BCUT2D eigenvalue weighted by Crippen LogP contribution is 2.53. The first-order chi connectivity index (χ1) is 10.2.